The minimum atomic E-state index is -0.455. The summed E-state index contributed by atoms with van der Waals surface area (Å²) in [6, 6.07) is 14.8. The lowest BCUT2D eigenvalue weighted by atomic mass is 10.2. The largest absolute Gasteiger partial charge is 0.344 e. The zero-order valence-electron chi connectivity index (χ0n) is 15.1. The molecule has 136 valence electrons. The van der Waals surface area contributed by atoms with E-state index in [0.717, 1.165) is 5.56 Å². The van der Waals surface area contributed by atoms with Gasteiger partial charge in [0.1, 0.15) is 0 Å². The maximum atomic E-state index is 13.1. The standard InChI is InChI=1S/C21H19N3O2S/c1-4-13-22-19(25)15(3)27-21-23-18-8-6-5-7-17(18)20(26)24(21)16-11-9-14(2)10-12-16/h1,5-12,15H,13H2,2-3H3,(H,22,25). The van der Waals surface area contributed by atoms with Crippen molar-refractivity contribution in [1.29, 1.82) is 0 Å². The smallest absolute Gasteiger partial charge is 0.266 e. The van der Waals surface area contributed by atoms with Gasteiger partial charge in [-0.25, -0.2) is 4.98 Å². The highest BCUT2D eigenvalue weighted by Gasteiger charge is 2.19. The molecule has 27 heavy (non-hydrogen) atoms. The van der Waals surface area contributed by atoms with E-state index in [1.54, 1.807) is 23.6 Å². The molecular weight excluding hydrogens is 358 g/mol. The van der Waals surface area contributed by atoms with Crippen LogP contribution in [0.1, 0.15) is 12.5 Å². The molecular formula is C21H19N3O2S. The number of para-hydroxylation sites is 1. The number of hydrogen-bond acceptors (Lipinski definition) is 4. The summed E-state index contributed by atoms with van der Waals surface area (Å²) in [7, 11) is 0. The van der Waals surface area contributed by atoms with Gasteiger partial charge < -0.3 is 5.32 Å². The highest BCUT2D eigenvalue weighted by Crippen LogP contribution is 2.25. The predicted molar refractivity (Wildman–Crippen MR) is 109 cm³/mol. The Morgan fingerprint density at radius 1 is 1.26 bits per heavy atom. The third kappa shape index (κ3) is 4.04. The number of carbonyl (C=O) groups excluding carboxylic acids is 1. The van der Waals surface area contributed by atoms with Gasteiger partial charge in [0.05, 0.1) is 28.4 Å². The van der Waals surface area contributed by atoms with Crippen LogP contribution >= 0.6 is 11.8 Å². The molecule has 2 aromatic carbocycles. The molecule has 0 aliphatic rings. The molecule has 0 fully saturated rings. The Morgan fingerprint density at radius 2 is 1.96 bits per heavy atom. The van der Waals surface area contributed by atoms with Crippen LogP contribution in [-0.4, -0.2) is 27.3 Å². The normalized spacial score (nSPS) is 11.7. The van der Waals surface area contributed by atoms with E-state index < -0.39 is 5.25 Å². The lowest BCUT2D eigenvalue weighted by molar-refractivity contribution is -0.120. The van der Waals surface area contributed by atoms with E-state index >= 15 is 0 Å². The fraction of sp³-hybridized carbons (Fsp3) is 0.190. The number of nitrogens with one attached hydrogen (secondary N) is 1. The summed E-state index contributed by atoms with van der Waals surface area (Å²) in [4.78, 5) is 30.0. The second-order valence-corrected chi connectivity index (χ2v) is 7.38. The molecule has 5 nitrogen and oxygen atoms in total. The maximum absolute atomic E-state index is 13.1. The Bertz CT molecular complexity index is 1080. The van der Waals surface area contributed by atoms with E-state index in [0.29, 0.717) is 21.7 Å². The summed E-state index contributed by atoms with van der Waals surface area (Å²) >= 11 is 1.23. The molecule has 0 saturated heterocycles. The van der Waals surface area contributed by atoms with Crippen molar-refractivity contribution < 1.29 is 4.79 Å². The van der Waals surface area contributed by atoms with Crippen LogP contribution in [0, 0.1) is 19.3 Å². The Hall–Kier alpha value is -3.04. The van der Waals surface area contributed by atoms with Gasteiger partial charge >= 0.3 is 0 Å². The first-order chi connectivity index (χ1) is 13.0. The number of terminal acetylenes is 1. The van der Waals surface area contributed by atoms with Crippen molar-refractivity contribution in [3.05, 3.63) is 64.4 Å². The third-order valence-corrected chi connectivity index (χ3v) is 5.11. The first-order valence-corrected chi connectivity index (χ1v) is 9.36. The van der Waals surface area contributed by atoms with E-state index in [2.05, 4.69) is 16.2 Å². The van der Waals surface area contributed by atoms with Crippen molar-refractivity contribution in [2.24, 2.45) is 0 Å². The maximum Gasteiger partial charge on any atom is 0.266 e. The molecule has 0 bridgehead atoms. The van der Waals surface area contributed by atoms with E-state index in [1.165, 1.54) is 11.8 Å². The first-order valence-electron chi connectivity index (χ1n) is 8.48. The minimum Gasteiger partial charge on any atom is -0.344 e. The van der Waals surface area contributed by atoms with Gasteiger partial charge in [-0.3, -0.25) is 14.2 Å². The zero-order chi connectivity index (χ0) is 19.4. The summed E-state index contributed by atoms with van der Waals surface area (Å²) in [5, 5.41) is 3.20. The number of fused-ring (bicyclic) bond motifs is 1. The van der Waals surface area contributed by atoms with Crippen LogP contribution in [-0.2, 0) is 4.79 Å². The number of hydrogen-bond donors (Lipinski definition) is 1. The van der Waals surface area contributed by atoms with Crippen LogP contribution in [0.15, 0.2) is 58.5 Å². The number of aryl methyl sites for hydroxylation is 1. The van der Waals surface area contributed by atoms with Crippen LogP contribution in [0.5, 0.6) is 0 Å². The lowest BCUT2D eigenvalue weighted by Gasteiger charge is -2.16. The SMILES string of the molecule is C#CCNC(=O)C(C)Sc1nc2ccccc2c(=O)n1-c1ccc(C)cc1. The number of nitrogens with zero attached hydrogens (tertiary/aromatic N) is 2. The molecule has 1 heterocycles. The Labute approximate surface area is 161 Å². The fourth-order valence-corrected chi connectivity index (χ4v) is 3.56. The van der Waals surface area contributed by atoms with Crippen molar-refractivity contribution in [2.45, 2.75) is 24.3 Å². The van der Waals surface area contributed by atoms with Gasteiger partial charge in [-0.2, -0.15) is 0 Å². The van der Waals surface area contributed by atoms with Crippen molar-refractivity contribution in [3.63, 3.8) is 0 Å². The number of carbonyl (C=O) groups is 1. The highest BCUT2D eigenvalue weighted by atomic mass is 32.2. The number of aromatic nitrogens is 2. The quantitative estimate of drug-likeness (QED) is 0.422. The molecule has 0 aliphatic carbocycles. The van der Waals surface area contributed by atoms with E-state index in [-0.39, 0.29) is 18.0 Å². The van der Waals surface area contributed by atoms with E-state index in [9.17, 15) is 9.59 Å². The number of thioether (sulfide) groups is 1. The Morgan fingerprint density at radius 3 is 2.67 bits per heavy atom. The summed E-state index contributed by atoms with van der Waals surface area (Å²) < 4.78 is 1.55. The van der Waals surface area contributed by atoms with Gasteiger partial charge in [0.2, 0.25) is 5.91 Å². The first kappa shape index (κ1) is 18.7. The van der Waals surface area contributed by atoms with E-state index in [4.69, 9.17) is 6.42 Å². The van der Waals surface area contributed by atoms with Gasteiger partial charge in [-0.05, 0) is 38.1 Å². The van der Waals surface area contributed by atoms with Crippen LogP contribution in [0.2, 0.25) is 0 Å². The van der Waals surface area contributed by atoms with Crippen LogP contribution < -0.4 is 10.9 Å². The fourth-order valence-electron chi connectivity index (χ4n) is 2.61. The third-order valence-electron chi connectivity index (χ3n) is 4.05. The van der Waals surface area contributed by atoms with Crippen LogP contribution in [0.25, 0.3) is 16.6 Å². The van der Waals surface area contributed by atoms with Gasteiger partial charge in [-0.15, -0.1) is 6.42 Å². The molecule has 1 aromatic heterocycles. The molecule has 1 N–H and O–H groups in total. The molecule has 0 spiro atoms. The van der Waals surface area contributed by atoms with Crippen molar-refractivity contribution >= 4 is 28.6 Å². The molecule has 1 atom stereocenters. The van der Waals surface area contributed by atoms with Gasteiger partial charge in [0.15, 0.2) is 5.16 Å². The summed E-state index contributed by atoms with van der Waals surface area (Å²) in [6.45, 7) is 3.91. The lowest BCUT2D eigenvalue weighted by Crippen LogP contribution is -2.32. The molecule has 3 rings (SSSR count). The number of benzene rings is 2. The molecule has 1 amide bonds. The van der Waals surface area contributed by atoms with Crippen LogP contribution in [0.3, 0.4) is 0 Å². The van der Waals surface area contributed by atoms with E-state index in [1.807, 2.05) is 43.3 Å². The number of rotatable bonds is 5. The van der Waals surface area contributed by atoms with Crippen molar-refractivity contribution in [2.75, 3.05) is 6.54 Å². The molecule has 6 heteroatoms. The predicted octanol–water partition coefficient (Wildman–Crippen LogP) is 2.92. The summed E-state index contributed by atoms with van der Waals surface area (Å²) in [5.74, 6) is 2.18. The van der Waals surface area contributed by atoms with Crippen molar-refractivity contribution in [1.82, 2.24) is 14.9 Å². The van der Waals surface area contributed by atoms with Crippen molar-refractivity contribution in [3.8, 4) is 18.0 Å². The average Bonchev–Trinajstić information content (AvgIpc) is 2.67. The Balaban J connectivity index is 2.11. The minimum absolute atomic E-state index is 0.164. The second kappa shape index (κ2) is 8.11. The molecule has 3 aromatic rings. The molecule has 1 unspecified atom stereocenters. The Kier molecular flexibility index (Phi) is 5.63. The zero-order valence-corrected chi connectivity index (χ0v) is 15.9. The second-order valence-electron chi connectivity index (χ2n) is 6.07. The van der Waals surface area contributed by atoms with Gasteiger partial charge in [0.25, 0.3) is 5.56 Å². The number of amides is 1. The monoisotopic (exact) mass is 377 g/mol. The summed E-state index contributed by atoms with van der Waals surface area (Å²) in [5.41, 5.74) is 2.24. The average molecular weight is 377 g/mol. The van der Waals surface area contributed by atoms with Crippen LogP contribution in [0.4, 0.5) is 0 Å². The van der Waals surface area contributed by atoms with Gasteiger partial charge in [0, 0.05) is 0 Å². The molecule has 0 saturated carbocycles. The van der Waals surface area contributed by atoms with Gasteiger partial charge in [-0.1, -0.05) is 47.5 Å². The highest BCUT2D eigenvalue weighted by molar-refractivity contribution is 8.00. The molecule has 0 aliphatic heterocycles. The molecule has 0 radical (unpaired) electrons. The topological polar surface area (TPSA) is 64.0 Å². The summed E-state index contributed by atoms with van der Waals surface area (Å²) in [6.07, 6.45) is 5.19.